The molecule has 0 radical (unpaired) electrons. The minimum Gasteiger partial charge on any atom is -0.480 e. The maximum absolute atomic E-state index is 12.5. The largest absolute Gasteiger partial charge is 0.480 e. The molecule has 0 unspecified atom stereocenters. The van der Waals surface area contributed by atoms with Gasteiger partial charge in [0.1, 0.15) is 17.4 Å². The summed E-state index contributed by atoms with van der Waals surface area (Å²) in [6.45, 7) is 6.99. The number of aryl methyl sites for hydroxylation is 2. The van der Waals surface area contributed by atoms with Gasteiger partial charge in [-0.25, -0.2) is 9.59 Å². The van der Waals surface area contributed by atoms with Gasteiger partial charge in [-0.05, 0) is 56.7 Å². The van der Waals surface area contributed by atoms with E-state index in [0.717, 1.165) is 35.8 Å². The van der Waals surface area contributed by atoms with E-state index in [2.05, 4.69) is 5.32 Å². The van der Waals surface area contributed by atoms with Gasteiger partial charge in [-0.3, -0.25) is 4.79 Å². The Morgan fingerprint density at radius 1 is 1.24 bits per heavy atom. The van der Waals surface area contributed by atoms with Gasteiger partial charge in [0.25, 0.3) is 5.91 Å². The Balaban J connectivity index is 1.83. The zero-order chi connectivity index (χ0) is 21.3. The molecule has 1 aliphatic carbocycles. The predicted molar refractivity (Wildman–Crippen MR) is 108 cm³/mol. The molecule has 0 spiro atoms. The molecule has 29 heavy (non-hydrogen) atoms. The number of carboxylic acid groups (broad SMARTS) is 1. The highest BCUT2D eigenvalue weighted by atomic mass is 16.5. The number of fused-ring (bicyclic) bond motifs is 3. The van der Waals surface area contributed by atoms with Crippen LogP contribution in [0.5, 0.6) is 5.75 Å². The molecule has 0 aliphatic heterocycles. The van der Waals surface area contributed by atoms with Gasteiger partial charge in [-0.1, -0.05) is 20.3 Å². The lowest BCUT2D eigenvalue weighted by molar-refractivity contribution is -0.144. The van der Waals surface area contributed by atoms with E-state index in [1.807, 2.05) is 13.0 Å². The number of hydrogen-bond acceptors (Lipinski definition) is 5. The Hall–Kier alpha value is -2.83. The molecule has 2 aromatic rings. The van der Waals surface area contributed by atoms with E-state index >= 15 is 0 Å². The van der Waals surface area contributed by atoms with Crippen LogP contribution in [-0.4, -0.2) is 29.1 Å². The third-order valence-corrected chi connectivity index (χ3v) is 5.79. The summed E-state index contributed by atoms with van der Waals surface area (Å²) in [6.07, 6.45) is 2.25. The topological polar surface area (TPSA) is 106 Å². The van der Waals surface area contributed by atoms with Crippen LogP contribution in [0, 0.1) is 12.8 Å². The third-order valence-electron chi connectivity index (χ3n) is 5.79. The van der Waals surface area contributed by atoms with Crippen molar-refractivity contribution in [3.63, 3.8) is 0 Å². The molecule has 2 N–H and O–H groups in total. The Morgan fingerprint density at radius 2 is 1.93 bits per heavy atom. The second kappa shape index (κ2) is 8.27. The molecule has 1 aromatic heterocycles. The fraction of sp³-hybridized carbons (Fsp3) is 0.500. The quantitative estimate of drug-likeness (QED) is 0.691. The molecular weight excluding hydrogens is 374 g/mol. The van der Waals surface area contributed by atoms with Gasteiger partial charge < -0.3 is 19.6 Å². The Labute approximate surface area is 169 Å². The minimum absolute atomic E-state index is 0.206. The van der Waals surface area contributed by atoms with Crippen LogP contribution in [-0.2, 0) is 22.4 Å². The van der Waals surface area contributed by atoms with Crippen LogP contribution in [0.4, 0.5) is 0 Å². The monoisotopic (exact) mass is 401 g/mol. The van der Waals surface area contributed by atoms with E-state index in [-0.39, 0.29) is 11.5 Å². The van der Waals surface area contributed by atoms with Gasteiger partial charge in [0, 0.05) is 16.5 Å². The fourth-order valence-corrected chi connectivity index (χ4v) is 3.79. The first-order valence-electron chi connectivity index (χ1n) is 10.0. The zero-order valence-electron chi connectivity index (χ0n) is 17.2. The number of hydrogen-bond donors (Lipinski definition) is 2. The van der Waals surface area contributed by atoms with E-state index in [9.17, 15) is 19.5 Å². The summed E-state index contributed by atoms with van der Waals surface area (Å²) >= 11 is 0. The van der Waals surface area contributed by atoms with E-state index < -0.39 is 24.0 Å². The van der Waals surface area contributed by atoms with Gasteiger partial charge >= 0.3 is 11.6 Å². The molecule has 7 nitrogen and oxygen atoms in total. The second-order valence-corrected chi connectivity index (χ2v) is 7.74. The van der Waals surface area contributed by atoms with Gasteiger partial charge in [0.05, 0.1) is 0 Å². The molecule has 1 amide bonds. The van der Waals surface area contributed by atoms with Crippen molar-refractivity contribution < 1.29 is 23.8 Å². The molecule has 3 rings (SSSR count). The van der Waals surface area contributed by atoms with Crippen molar-refractivity contribution in [1.82, 2.24) is 5.32 Å². The lowest BCUT2D eigenvalue weighted by Gasteiger charge is -2.23. The zero-order valence-corrected chi connectivity index (χ0v) is 17.2. The van der Waals surface area contributed by atoms with Crippen LogP contribution in [0.25, 0.3) is 11.0 Å². The number of ether oxygens (including phenoxy) is 1. The molecule has 1 aromatic carbocycles. The van der Waals surface area contributed by atoms with Crippen LogP contribution < -0.4 is 15.7 Å². The van der Waals surface area contributed by atoms with Crippen molar-refractivity contribution in [2.45, 2.75) is 65.5 Å². The number of nitrogens with one attached hydrogen (secondary N) is 1. The lowest BCUT2D eigenvalue weighted by Crippen LogP contribution is -2.49. The molecule has 1 heterocycles. The molecule has 156 valence electrons. The smallest absolute Gasteiger partial charge is 0.339 e. The average Bonchev–Trinajstić information content (AvgIpc) is 3.18. The predicted octanol–water partition coefficient (Wildman–Crippen LogP) is 2.97. The Bertz CT molecular complexity index is 1010. The van der Waals surface area contributed by atoms with Crippen LogP contribution in [0.3, 0.4) is 0 Å². The van der Waals surface area contributed by atoms with Gasteiger partial charge in [-0.15, -0.1) is 0 Å². The first-order valence-corrected chi connectivity index (χ1v) is 10.0. The molecular formula is C22H27NO6. The minimum atomic E-state index is -1.07. The number of aliphatic carboxylic acids is 1. The molecule has 0 bridgehead atoms. The van der Waals surface area contributed by atoms with E-state index in [1.165, 1.54) is 0 Å². The average molecular weight is 401 g/mol. The normalized spacial score (nSPS) is 16.1. The van der Waals surface area contributed by atoms with Gasteiger partial charge in [-0.2, -0.15) is 0 Å². The highest BCUT2D eigenvalue weighted by molar-refractivity contribution is 5.88. The van der Waals surface area contributed by atoms with Crippen molar-refractivity contribution >= 4 is 22.8 Å². The first kappa shape index (κ1) is 20.9. The summed E-state index contributed by atoms with van der Waals surface area (Å²) in [5.41, 5.74) is 2.60. The second-order valence-electron chi connectivity index (χ2n) is 7.74. The number of benzene rings is 1. The molecule has 1 aliphatic rings. The van der Waals surface area contributed by atoms with Crippen molar-refractivity contribution in [2.24, 2.45) is 5.92 Å². The summed E-state index contributed by atoms with van der Waals surface area (Å²) in [7, 11) is 0. The summed E-state index contributed by atoms with van der Waals surface area (Å²) in [5, 5.41) is 12.8. The molecule has 3 atom stereocenters. The lowest BCUT2D eigenvalue weighted by atomic mass is 9.99. The van der Waals surface area contributed by atoms with E-state index in [4.69, 9.17) is 9.15 Å². The van der Waals surface area contributed by atoms with Crippen molar-refractivity contribution in [1.29, 1.82) is 0 Å². The highest BCUT2D eigenvalue weighted by Crippen LogP contribution is 2.33. The summed E-state index contributed by atoms with van der Waals surface area (Å²) in [6, 6.07) is 2.65. The maximum atomic E-state index is 12.5. The number of carbonyl (C=O) groups is 2. The SMILES string of the molecule is CC[C@H](C)[C@H](NC(=O)[C@H](C)Oc1ccc2c3c(c(=O)oc2c1C)CCC3)C(=O)O. The van der Waals surface area contributed by atoms with E-state index in [1.54, 1.807) is 26.8 Å². The van der Waals surface area contributed by atoms with Crippen LogP contribution >= 0.6 is 0 Å². The Morgan fingerprint density at radius 3 is 2.59 bits per heavy atom. The summed E-state index contributed by atoms with van der Waals surface area (Å²) in [5.74, 6) is -1.36. The molecule has 0 saturated heterocycles. The van der Waals surface area contributed by atoms with Crippen LogP contribution in [0.2, 0.25) is 0 Å². The standard InChI is InChI=1S/C22H27NO6/c1-5-11(2)18(21(25)26)23-20(24)13(4)28-17-10-9-15-14-7-6-8-16(14)22(27)29-19(15)12(17)3/h9-11,13,18H,5-8H2,1-4H3,(H,23,24)(H,25,26)/t11-,13-,18-/m0/s1. The maximum Gasteiger partial charge on any atom is 0.339 e. The summed E-state index contributed by atoms with van der Waals surface area (Å²) in [4.78, 5) is 36.2. The highest BCUT2D eigenvalue weighted by Gasteiger charge is 2.28. The number of rotatable bonds is 7. The van der Waals surface area contributed by atoms with Gasteiger partial charge in [0.15, 0.2) is 6.10 Å². The number of carbonyl (C=O) groups excluding carboxylic acids is 1. The van der Waals surface area contributed by atoms with Crippen LogP contribution in [0.1, 0.15) is 50.3 Å². The summed E-state index contributed by atoms with van der Waals surface area (Å²) < 4.78 is 11.3. The van der Waals surface area contributed by atoms with E-state index in [0.29, 0.717) is 23.3 Å². The van der Waals surface area contributed by atoms with Crippen molar-refractivity contribution in [3.05, 3.63) is 39.2 Å². The van der Waals surface area contributed by atoms with Gasteiger partial charge in [0.2, 0.25) is 0 Å². The third kappa shape index (κ3) is 3.99. The molecule has 7 heteroatoms. The number of amides is 1. The first-order chi connectivity index (χ1) is 13.7. The number of carboxylic acids is 1. The molecule has 0 fully saturated rings. The van der Waals surface area contributed by atoms with Crippen LogP contribution in [0.15, 0.2) is 21.3 Å². The van der Waals surface area contributed by atoms with Crippen molar-refractivity contribution in [2.75, 3.05) is 0 Å². The fourth-order valence-electron chi connectivity index (χ4n) is 3.79. The Kier molecular flexibility index (Phi) is 5.96. The van der Waals surface area contributed by atoms with Crippen molar-refractivity contribution in [3.8, 4) is 5.75 Å². The molecule has 0 saturated carbocycles.